The van der Waals surface area contributed by atoms with E-state index in [9.17, 15) is 14.4 Å². The lowest BCUT2D eigenvalue weighted by Gasteiger charge is -2.11. The lowest BCUT2D eigenvalue weighted by molar-refractivity contribution is -0.115. The highest BCUT2D eigenvalue weighted by Crippen LogP contribution is 2.16. The van der Waals surface area contributed by atoms with Crippen LogP contribution in [0.25, 0.3) is 0 Å². The summed E-state index contributed by atoms with van der Waals surface area (Å²) in [4.78, 5) is 37.3. The molecule has 0 unspecified atom stereocenters. The Labute approximate surface area is 173 Å². The molecule has 3 N–H and O–H groups in total. The van der Waals surface area contributed by atoms with E-state index >= 15 is 0 Å². The molecule has 0 radical (unpaired) electrons. The van der Waals surface area contributed by atoms with Gasteiger partial charge in [0.25, 0.3) is 11.8 Å². The molecule has 3 amide bonds. The molecule has 0 atom stereocenters. The number of aryl methyl sites for hydroxylation is 1. The van der Waals surface area contributed by atoms with Gasteiger partial charge in [-0.1, -0.05) is 37.3 Å². The Kier molecular flexibility index (Phi) is 6.76. The molecule has 0 saturated heterocycles. The minimum absolute atomic E-state index is 0.150. The lowest BCUT2D eigenvalue weighted by Crippen LogP contribution is -2.33. The van der Waals surface area contributed by atoms with Crippen LogP contribution in [0.3, 0.4) is 0 Å². The first-order valence-corrected chi connectivity index (χ1v) is 10.1. The van der Waals surface area contributed by atoms with Gasteiger partial charge in [-0.2, -0.15) is 0 Å². The van der Waals surface area contributed by atoms with Crippen LogP contribution in [0.2, 0.25) is 0 Å². The Morgan fingerprint density at radius 3 is 2.48 bits per heavy atom. The third-order valence-electron chi connectivity index (χ3n) is 4.21. The van der Waals surface area contributed by atoms with Gasteiger partial charge < -0.3 is 16.0 Å². The van der Waals surface area contributed by atoms with Crippen molar-refractivity contribution in [2.75, 3.05) is 17.2 Å². The molecule has 0 saturated carbocycles. The number of carbonyl (C=O) groups excluding carboxylic acids is 3. The van der Waals surface area contributed by atoms with E-state index < -0.39 is 5.91 Å². The number of para-hydroxylation sites is 1. The molecule has 1 heterocycles. The molecule has 7 heteroatoms. The number of carbonyl (C=O) groups is 3. The summed E-state index contributed by atoms with van der Waals surface area (Å²) in [7, 11) is 0. The Bertz CT molecular complexity index is 1020. The Morgan fingerprint density at radius 1 is 0.897 bits per heavy atom. The van der Waals surface area contributed by atoms with Gasteiger partial charge in [-0.25, -0.2) is 0 Å². The van der Waals surface area contributed by atoms with Crippen molar-refractivity contribution >= 4 is 40.4 Å². The third kappa shape index (κ3) is 5.52. The lowest BCUT2D eigenvalue weighted by atomic mass is 10.1. The molecule has 2 aromatic carbocycles. The zero-order valence-corrected chi connectivity index (χ0v) is 16.7. The van der Waals surface area contributed by atoms with Crippen LogP contribution in [0, 0.1) is 0 Å². The van der Waals surface area contributed by atoms with E-state index in [1.165, 1.54) is 11.3 Å². The van der Waals surface area contributed by atoms with Gasteiger partial charge in [-0.3, -0.25) is 14.4 Å². The van der Waals surface area contributed by atoms with E-state index in [0.29, 0.717) is 16.1 Å². The normalized spacial score (nSPS) is 10.2. The predicted molar refractivity (Wildman–Crippen MR) is 115 cm³/mol. The second kappa shape index (κ2) is 9.66. The molecule has 0 spiro atoms. The van der Waals surface area contributed by atoms with Crippen molar-refractivity contribution in [1.82, 2.24) is 5.32 Å². The number of anilines is 2. The summed E-state index contributed by atoms with van der Waals surface area (Å²) >= 11 is 1.34. The highest BCUT2D eigenvalue weighted by atomic mass is 32.1. The number of amides is 3. The van der Waals surface area contributed by atoms with Gasteiger partial charge in [0.15, 0.2) is 0 Å². The van der Waals surface area contributed by atoms with E-state index in [4.69, 9.17) is 0 Å². The largest absolute Gasteiger partial charge is 0.343 e. The van der Waals surface area contributed by atoms with Gasteiger partial charge in [0.1, 0.15) is 0 Å². The van der Waals surface area contributed by atoms with E-state index in [1.54, 1.807) is 36.4 Å². The first-order chi connectivity index (χ1) is 14.1. The van der Waals surface area contributed by atoms with Crippen molar-refractivity contribution in [2.24, 2.45) is 0 Å². The fourth-order valence-corrected chi connectivity index (χ4v) is 3.37. The van der Waals surface area contributed by atoms with E-state index in [2.05, 4.69) is 16.0 Å². The molecule has 29 heavy (non-hydrogen) atoms. The average molecular weight is 407 g/mol. The quantitative estimate of drug-likeness (QED) is 0.555. The molecule has 0 bridgehead atoms. The van der Waals surface area contributed by atoms with Gasteiger partial charge in [0.2, 0.25) is 5.91 Å². The SMILES string of the molecule is CCc1ccccc1NC(=O)CNC(=O)c1cccc(NC(=O)c2cccs2)c1. The minimum atomic E-state index is -0.392. The maximum Gasteiger partial charge on any atom is 0.265 e. The molecule has 148 valence electrons. The average Bonchev–Trinajstić information content (AvgIpc) is 3.28. The number of hydrogen-bond donors (Lipinski definition) is 3. The minimum Gasteiger partial charge on any atom is -0.343 e. The third-order valence-corrected chi connectivity index (χ3v) is 5.08. The Balaban J connectivity index is 1.56. The first kappa shape index (κ1) is 20.3. The monoisotopic (exact) mass is 407 g/mol. The van der Waals surface area contributed by atoms with Crippen LogP contribution < -0.4 is 16.0 Å². The van der Waals surface area contributed by atoms with Gasteiger partial charge in [0, 0.05) is 16.9 Å². The molecule has 3 rings (SSSR count). The smallest absolute Gasteiger partial charge is 0.265 e. The van der Waals surface area contributed by atoms with Crippen LogP contribution in [0.1, 0.15) is 32.5 Å². The molecule has 0 aliphatic carbocycles. The van der Waals surface area contributed by atoms with Gasteiger partial charge >= 0.3 is 0 Å². The van der Waals surface area contributed by atoms with Crippen LogP contribution in [0.5, 0.6) is 0 Å². The van der Waals surface area contributed by atoms with Crippen molar-refractivity contribution in [3.63, 3.8) is 0 Å². The summed E-state index contributed by atoms with van der Waals surface area (Å²) in [5, 5.41) is 10.00. The van der Waals surface area contributed by atoms with Crippen molar-refractivity contribution in [3.05, 3.63) is 82.0 Å². The van der Waals surface area contributed by atoms with Crippen LogP contribution >= 0.6 is 11.3 Å². The first-order valence-electron chi connectivity index (χ1n) is 9.17. The summed E-state index contributed by atoms with van der Waals surface area (Å²) in [5.41, 5.74) is 2.64. The van der Waals surface area contributed by atoms with Crippen LogP contribution in [0.15, 0.2) is 66.0 Å². The van der Waals surface area contributed by atoms with Crippen LogP contribution in [0.4, 0.5) is 11.4 Å². The predicted octanol–water partition coefficient (Wildman–Crippen LogP) is 3.93. The second-order valence-electron chi connectivity index (χ2n) is 6.25. The molecular formula is C22H21N3O3S. The summed E-state index contributed by atoms with van der Waals surface area (Å²) in [6, 6.07) is 17.7. The Hall–Kier alpha value is -3.45. The van der Waals surface area contributed by atoms with E-state index in [0.717, 1.165) is 17.7 Å². The van der Waals surface area contributed by atoms with Crippen LogP contribution in [-0.4, -0.2) is 24.3 Å². The van der Waals surface area contributed by atoms with Gasteiger partial charge in [0.05, 0.1) is 11.4 Å². The molecule has 1 aromatic heterocycles. The van der Waals surface area contributed by atoms with Crippen molar-refractivity contribution in [3.8, 4) is 0 Å². The van der Waals surface area contributed by atoms with Gasteiger partial charge in [-0.15, -0.1) is 11.3 Å². The summed E-state index contributed by atoms with van der Waals surface area (Å²) in [6.07, 6.45) is 0.798. The maximum absolute atomic E-state index is 12.4. The van der Waals surface area contributed by atoms with E-state index in [1.807, 2.05) is 36.6 Å². The maximum atomic E-state index is 12.4. The summed E-state index contributed by atoms with van der Waals surface area (Å²) < 4.78 is 0. The zero-order valence-electron chi connectivity index (χ0n) is 15.9. The molecule has 6 nitrogen and oxygen atoms in total. The van der Waals surface area contributed by atoms with Crippen LogP contribution in [-0.2, 0) is 11.2 Å². The number of thiophene rings is 1. The number of hydrogen-bond acceptors (Lipinski definition) is 4. The second-order valence-corrected chi connectivity index (χ2v) is 7.20. The molecule has 3 aromatic rings. The molecule has 0 fully saturated rings. The topological polar surface area (TPSA) is 87.3 Å². The highest BCUT2D eigenvalue weighted by Gasteiger charge is 2.12. The fraction of sp³-hybridized carbons (Fsp3) is 0.136. The van der Waals surface area contributed by atoms with E-state index in [-0.39, 0.29) is 18.4 Å². The number of benzene rings is 2. The standard InChI is InChI=1S/C22H21N3O3S/c1-2-15-7-3-4-10-18(15)25-20(26)14-23-21(27)16-8-5-9-17(13-16)24-22(28)19-11-6-12-29-19/h3-13H,2,14H2,1H3,(H,23,27)(H,24,28)(H,25,26). The highest BCUT2D eigenvalue weighted by molar-refractivity contribution is 7.12. The van der Waals surface area contributed by atoms with Crippen molar-refractivity contribution < 1.29 is 14.4 Å². The zero-order chi connectivity index (χ0) is 20.6. The number of rotatable bonds is 7. The van der Waals surface area contributed by atoms with Crippen molar-refractivity contribution in [2.45, 2.75) is 13.3 Å². The molecular weight excluding hydrogens is 386 g/mol. The van der Waals surface area contributed by atoms with Crippen molar-refractivity contribution in [1.29, 1.82) is 0 Å². The number of nitrogens with one attached hydrogen (secondary N) is 3. The molecule has 0 aliphatic rings. The molecule has 0 aliphatic heterocycles. The summed E-state index contributed by atoms with van der Waals surface area (Å²) in [5.74, 6) is -0.927. The fourth-order valence-electron chi connectivity index (χ4n) is 2.75. The Morgan fingerprint density at radius 2 is 1.72 bits per heavy atom. The van der Waals surface area contributed by atoms with Gasteiger partial charge in [-0.05, 0) is 47.7 Å². The summed E-state index contributed by atoms with van der Waals surface area (Å²) in [6.45, 7) is 1.86.